The smallest absolute Gasteiger partial charge is 0.0906 e. The summed E-state index contributed by atoms with van der Waals surface area (Å²) in [6, 6.07) is 6.89. The molecule has 4 heteroatoms. The molecule has 4 rings (SSSR count). The number of aromatic nitrogens is 1. The van der Waals surface area contributed by atoms with Crippen LogP contribution in [0.2, 0.25) is 0 Å². The summed E-state index contributed by atoms with van der Waals surface area (Å²) in [4.78, 5) is 11.0. The Morgan fingerprint density at radius 1 is 1.32 bits per heavy atom. The lowest BCUT2D eigenvalue weighted by atomic mass is 9.90. The van der Waals surface area contributed by atoms with Gasteiger partial charge >= 0.3 is 0 Å². The number of nitrogens with zero attached hydrogens (tertiary/aromatic N) is 3. The van der Waals surface area contributed by atoms with Crippen LogP contribution < -0.4 is 0 Å². The molecule has 0 saturated heterocycles. The number of hydrogen-bond donors (Lipinski definition) is 0. The Balaban J connectivity index is 2.04. The number of benzene rings is 1. The highest BCUT2D eigenvalue weighted by molar-refractivity contribution is 5.87. The Morgan fingerprint density at radius 2 is 2.21 bits per heavy atom. The van der Waals surface area contributed by atoms with Gasteiger partial charge in [0.25, 0.3) is 0 Å². The summed E-state index contributed by atoms with van der Waals surface area (Å²) >= 11 is 0. The molecule has 0 saturated carbocycles. The first-order valence-electron chi connectivity index (χ1n) is 7.01. The number of hydrogen-bond acceptors (Lipinski definition) is 2. The van der Waals surface area contributed by atoms with Crippen molar-refractivity contribution in [2.24, 2.45) is 5.29 Å². The molecule has 0 bridgehead atoms. The summed E-state index contributed by atoms with van der Waals surface area (Å²) in [7, 11) is 0. The first-order chi connectivity index (χ1) is 9.29. The summed E-state index contributed by atoms with van der Waals surface area (Å²) < 4.78 is 2.41. The third-order valence-corrected chi connectivity index (χ3v) is 4.61. The van der Waals surface area contributed by atoms with E-state index in [0.29, 0.717) is 0 Å². The summed E-state index contributed by atoms with van der Waals surface area (Å²) in [6.45, 7) is 3.75. The van der Waals surface area contributed by atoms with Crippen LogP contribution in [0, 0.1) is 11.8 Å². The Kier molecular flexibility index (Phi) is 2.22. The summed E-state index contributed by atoms with van der Waals surface area (Å²) in [5.41, 5.74) is 5.42. The second-order valence-corrected chi connectivity index (χ2v) is 5.69. The van der Waals surface area contributed by atoms with Crippen LogP contribution in [0.1, 0.15) is 35.7 Å². The zero-order valence-corrected chi connectivity index (χ0v) is 11.1. The molecule has 1 atom stereocenters. The van der Waals surface area contributed by atoms with Crippen LogP contribution >= 0.6 is 0 Å². The van der Waals surface area contributed by atoms with Crippen molar-refractivity contribution in [1.82, 2.24) is 9.58 Å². The Hall–Kier alpha value is -1.84. The number of fused-ring (bicyclic) bond motifs is 3. The monoisotopic (exact) mass is 255 g/mol. The van der Waals surface area contributed by atoms with Gasteiger partial charge in [0.1, 0.15) is 0 Å². The van der Waals surface area contributed by atoms with Crippen LogP contribution in [-0.2, 0) is 13.0 Å². The van der Waals surface area contributed by atoms with Gasteiger partial charge in [-0.15, -0.1) is 4.91 Å². The molecule has 0 amide bonds. The minimum atomic E-state index is 0.197. The fourth-order valence-corrected chi connectivity index (χ4v) is 3.80. The highest BCUT2D eigenvalue weighted by Gasteiger charge is 2.34. The van der Waals surface area contributed by atoms with Crippen molar-refractivity contribution >= 4 is 10.9 Å². The molecule has 2 heterocycles. The molecule has 4 nitrogen and oxygen atoms in total. The predicted molar refractivity (Wildman–Crippen MR) is 74.9 cm³/mol. The quantitative estimate of drug-likeness (QED) is 0.733. The van der Waals surface area contributed by atoms with Gasteiger partial charge < -0.3 is 4.57 Å². The van der Waals surface area contributed by atoms with Crippen LogP contribution in [0.5, 0.6) is 0 Å². The largest absolute Gasteiger partial charge is 0.340 e. The average molecular weight is 255 g/mol. The molecule has 0 radical (unpaired) electrons. The molecule has 1 aliphatic carbocycles. The first-order valence-corrected chi connectivity index (χ1v) is 7.01. The van der Waals surface area contributed by atoms with Gasteiger partial charge in [-0.2, -0.15) is 0 Å². The highest BCUT2D eigenvalue weighted by atomic mass is 16.3. The van der Waals surface area contributed by atoms with Crippen molar-refractivity contribution in [3.63, 3.8) is 0 Å². The Bertz CT molecular complexity index is 674. The second-order valence-electron chi connectivity index (χ2n) is 5.69. The molecule has 1 aromatic heterocycles. The van der Waals surface area contributed by atoms with Crippen LogP contribution in [0.3, 0.4) is 0 Å². The van der Waals surface area contributed by atoms with Gasteiger partial charge in [-0.3, -0.25) is 5.01 Å². The minimum absolute atomic E-state index is 0.197. The maximum atomic E-state index is 11.0. The standard InChI is InChI=1S/C15H17N3O/c1-10-5-6-13-12(9-10)11-3-2-4-14-15(11)17(13)7-8-18(14)16-19/h5-6,9,14H,2-4,7-8H2,1H3/t14-/m0/s1. The van der Waals surface area contributed by atoms with E-state index in [2.05, 4.69) is 35.0 Å². The number of rotatable bonds is 1. The van der Waals surface area contributed by atoms with Gasteiger partial charge in [0.05, 0.1) is 17.9 Å². The van der Waals surface area contributed by atoms with Crippen LogP contribution in [0.4, 0.5) is 0 Å². The van der Waals surface area contributed by atoms with Crippen molar-refractivity contribution in [1.29, 1.82) is 0 Å². The second kappa shape index (κ2) is 3.83. The lowest BCUT2D eigenvalue weighted by Crippen LogP contribution is -2.36. The molecule has 19 heavy (non-hydrogen) atoms. The van der Waals surface area contributed by atoms with E-state index >= 15 is 0 Å². The Labute approximate surface area is 111 Å². The summed E-state index contributed by atoms with van der Waals surface area (Å²) in [5, 5.41) is 6.35. The van der Waals surface area contributed by atoms with Crippen molar-refractivity contribution in [3.05, 3.63) is 39.9 Å². The van der Waals surface area contributed by atoms with E-state index in [1.807, 2.05) is 0 Å². The first kappa shape index (κ1) is 11.0. The molecule has 1 aliphatic heterocycles. The predicted octanol–water partition coefficient (Wildman–Crippen LogP) is 3.32. The van der Waals surface area contributed by atoms with Crippen LogP contribution in [0.15, 0.2) is 23.5 Å². The van der Waals surface area contributed by atoms with E-state index < -0.39 is 0 Å². The molecule has 0 N–H and O–H groups in total. The van der Waals surface area contributed by atoms with Crippen molar-refractivity contribution in [2.75, 3.05) is 6.54 Å². The normalized spacial score (nSPS) is 21.5. The van der Waals surface area contributed by atoms with Gasteiger partial charge in [-0.25, -0.2) is 0 Å². The molecule has 0 spiro atoms. The topological polar surface area (TPSA) is 37.6 Å². The maximum absolute atomic E-state index is 11.0. The zero-order chi connectivity index (χ0) is 13.0. The van der Waals surface area contributed by atoms with Crippen LogP contribution in [-0.4, -0.2) is 16.1 Å². The van der Waals surface area contributed by atoms with E-state index in [1.54, 1.807) is 5.01 Å². The van der Waals surface area contributed by atoms with Crippen molar-refractivity contribution in [3.8, 4) is 0 Å². The third kappa shape index (κ3) is 1.40. The van der Waals surface area contributed by atoms with Gasteiger partial charge in [-0.1, -0.05) is 11.6 Å². The van der Waals surface area contributed by atoms with Gasteiger partial charge in [0.2, 0.25) is 0 Å². The SMILES string of the molecule is Cc1ccc2c(c1)c1c3n2CCN(N=O)[C@H]3CCC1. The van der Waals surface area contributed by atoms with E-state index in [4.69, 9.17) is 0 Å². The molecular formula is C15H17N3O. The molecule has 0 unspecified atom stereocenters. The molecule has 2 aromatic rings. The van der Waals surface area contributed by atoms with E-state index in [9.17, 15) is 4.91 Å². The van der Waals surface area contributed by atoms with Crippen molar-refractivity contribution < 1.29 is 0 Å². The van der Waals surface area contributed by atoms with E-state index in [0.717, 1.165) is 32.4 Å². The van der Waals surface area contributed by atoms with Gasteiger partial charge in [-0.05, 0) is 43.9 Å². The Morgan fingerprint density at radius 3 is 3.05 bits per heavy atom. The average Bonchev–Trinajstić information content (AvgIpc) is 2.75. The summed E-state index contributed by atoms with van der Waals surface area (Å²) in [6.07, 6.45) is 3.33. The molecule has 1 aromatic carbocycles. The number of nitroso groups, excluding NO2 is 1. The summed E-state index contributed by atoms with van der Waals surface area (Å²) in [5.74, 6) is 0. The van der Waals surface area contributed by atoms with Gasteiger partial charge in [0.15, 0.2) is 0 Å². The fourth-order valence-electron chi connectivity index (χ4n) is 3.80. The molecular weight excluding hydrogens is 238 g/mol. The van der Waals surface area contributed by atoms with Gasteiger partial charge in [0, 0.05) is 23.1 Å². The molecule has 2 aliphatic rings. The molecule has 98 valence electrons. The highest BCUT2D eigenvalue weighted by Crippen LogP contribution is 2.42. The molecule has 0 fully saturated rings. The van der Waals surface area contributed by atoms with Crippen LogP contribution in [0.25, 0.3) is 10.9 Å². The fraction of sp³-hybridized carbons (Fsp3) is 0.467. The lowest BCUT2D eigenvalue weighted by Gasteiger charge is -2.36. The maximum Gasteiger partial charge on any atom is 0.0906 e. The van der Waals surface area contributed by atoms with E-state index in [-0.39, 0.29) is 6.04 Å². The zero-order valence-electron chi connectivity index (χ0n) is 11.1. The lowest BCUT2D eigenvalue weighted by molar-refractivity contribution is 0.144. The minimum Gasteiger partial charge on any atom is -0.340 e. The van der Waals surface area contributed by atoms with Crippen molar-refractivity contribution in [2.45, 2.75) is 38.8 Å². The third-order valence-electron chi connectivity index (χ3n) is 4.61. The number of aryl methyl sites for hydroxylation is 2. The van der Waals surface area contributed by atoms with E-state index in [1.165, 1.54) is 27.7 Å².